The average Bonchev–Trinajstić information content (AvgIpc) is 2.42. The van der Waals surface area contributed by atoms with E-state index in [0.29, 0.717) is 10.6 Å². The van der Waals surface area contributed by atoms with Gasteiger partial charge in [0.2, 0.25) is 0 Å². The third-order valence-corrected chi connectivity index (χ3v) is 4.73. The first-order valence-corrected chi connectivity index (χ1v) is 8.80. The quantitative estimate of drug-likeness (QED) is 0.712. The van der Waals surface area contributed by atoms with Gasteiger partial charge in [-0.2, -0.15) is 0 Å². The predicted octanol–water partition coefficient (Wildman–Crippen LogP) is 3.10. The number of unbranched alkanes of at least 4 members (excludes halogenated alkanes) is 1. The first-order chi connectivity index (χ1) is 9.47. The molecule has 114 valence electrons. The minimum Gasteiger partial charge on any atom is -0.384 e. The minimum atomic E-state index is -3.17. The molecule has 0 atom stereocenters. The number of hydrogen-bond acceptors (Lipinski definition) is 4. The lowest BCUT2D eigenvalue weighted by molar-refractivity contribution is 0.0765. The van der Waals surface area contributed by atoms with Crippen LogP contribution in [-0.2, 0) is 14.6 Å². The van der Waals surface area contributed by atoms with Gasteiger partial charge in [-0.05, 0) is 38.8 Å². The molecule has 0 spiro atoms. The molecule has 1 N–H and O–H groups in total. The van der Waals surface area contributed by atoms with Crippen molar-refractivity contribution in [1.29, 1.82) is 0 Å². The zero-order chi connectivity index (χ0) is 15.0. The van der Waals surface area contributed by atoms with Crippen molar-refractivity contribution in [3.8, 4) is 0 Å². The first-order valence-electron chi connectivity index (χ1n) is 7.14. The highest BCUT2D eigenvalue weighted by atomic mass is 32.2. The van der Waals surface area contributed by atoms with Crippen molar-refractivity contribution in [2.75, 3.05) is 24.2 Å². The van der Waals surface area contributed by atoms with Gasteiger partial charge in [-0.15, -0.1) is 0 Å². The number of anilines is 1. The molecule has 0 saturated carbocycles. The summed E-state index contributed by atoms with van der Waals surface area (Å²) in [6.07, 6.45) is 2.18. The molecule has 0 radical (unpaired) electrons. The molecule has 20 heavy (non-hydrogen) atoms. The highest BCUT2D eigenvalue weighted by Crippen LogP contribution is 2.21. The van der Waals surface area contributed by atoms with Gasteiger partial charge in [0.05, 0.1) is 22.4 Å². The molecule has 1 aromatic rings. The monoisotopic (exact) mass is 299 g/mol. The molecule has 4 nitrogen and oxygen atoms in total. The van der Waals surface area contributed by atoms with Crippen molar-refractivity contribution in [3.63, 3.8) is 0 Å². The third-order valence-electron chi connectivity index (χ3n) is 2.94. The number of rotatable bonds is 9. The topological polar surface area (TPSA) is 55.4 Å². The zero-order valence-corrected chi connectivity index (χ0v) is 13.4. The molecule has 1 rings (SSSR count). The second-order valence-electron chi connectivity index (χ2n) is 4.95. The van der Waals surface area contributed by atoms with E-state index in [4.69, 9.17) is 4.74 Å². The van der Waals surface area contributed by atoms with Crippen LogP contribution in [0.4, 0.5) is 5.69 Å². The molecule has 5 heteroatoms. The van der Waals surface area contributed by atoms with Gasteiger partial charge in [0.15, 0.2) is 9.84 Å². The van der Waals surface area contributed by atoms with Gasteiger partial charge in [0.25, 0.3) is 0 Å². The van der Waals surface area contributed by atoms with Crippen LogP contribution in [0.5, 0.6) is 0 Å². The maximum atomic E-state index is 12.0. The number of para-hydroxylation sites is 1. The van der Waals surface area contributed by atoms with Gasteiger partial charge in [0, 0.05) is 13.2 Å². The second-order valence-corrected chi connectivity index (χ2v) is 7.20. The van der Waals surface area contributed by atoms with Crippen LogP contribution in [0.25, 0.3) is 0 Å². The molecule has 0 saturated heterocycles. The van der Waals surface area contributed by atoms with Crippen molar-refractivity contribution < 1.29 is 13.2 Å². The Kier molecular flexibility index (Phi) is 7.02. The van der Waals surface area contributed by atoms with Gasteiger partial charge in [-0.3, -0.25) is 0 Å². The van der Waals surface area contributed by atoms with E-state index in [1.165, 1.54) is 0 Å². The molecular weight excluding hydrogens is 274 g/mol. The summed E-state index contributed by atoms with van der Waals surface area (Å²) in [7, 11) is -3.17. The van der Waals surface area contributed by atoms with E-state index in [1.807, 2.05) is 26.0 Å². The van der Waals surface area contributed by atoms with E-state index >= 15 is 0 Å². The summed E-state index contributed by atoms with van der Waals surface area (Å²) in [6.45, 7) is 7.19. The maximum Gasteiger partial charge on any atom is 0.180 e. The summed E-state index contributed by atoms with van der Waals surface area (Å²) in [5.74, 6) is 0.119. The number of nitrogens with one attached hydrogen (secondary N) is 1. The summed E-state index contributed by atoms with van der Waals surface area (Å²) >= 11 is 0. The van der Waals surface area contributed by atoms with Gasteiger partial charge in [-0.25, -0.2) is 8.42 Å². The van der Waals surface area contributed by atoms with Gasteiger partial charge < -0.3 is 10.1 Å². The van der Waals surface area contributed by atoms with E-state index in [-0.39, 0.29) is 11.9 Å². The molecule has 0 heterocycles. The van der Waals surface area contributed by atoms with Crippen LogP contribution in [0.2, 0.25) is 0 Å². The first kappa shape index (κ1) is 17.0. The Balaban J connectivity index is 2.49. The van der Waals surface area contributed by atoms with E-state index in [0.717, 1.165) is 26.0 Å². The highest BCUT2D eigenvalue weighted by Gasteiger charge is 2.15. The van der Waals surface area contributed by atoms with Gasteiger partial charge in [0.1, 0.15) is 0 Å². The molecule has 0 amide bonds. The Labute approximate surface area is 122 Å². The number of hydrogen-bond donors (Lipinski definition) is 1. The summed E-state index contributed by atoms with van der Waals surface area (Å²) in [6, 6.07) is 7.07. The fraction of sp³-hybridized carbons (Fsp3) is 0.600. The fourth-order valence-electron chi connectivity index (χ4n) is 1.81. The van der Waals surface area contributed by atoms with Crippen molar-refractivity contribution >= 4 is 15.5 Å². The molecule has 0 aromatic heterocycles. The van der Waals surface area contributed by atoms with Crippen molar-refractivity contribution in [1.82, 2.24) is 0 Å². The largest absolute Gasteiger partial charge is 0.384 e. The molecule has 0 aliphatic heterocycles. The molecule has 1 aromatic carbocycles. The lowest BCUT2D eigenvalue weighted by atomic mass is 10.3. The third kappa shape index (κ3) is 5.51. The van der Waals surface area contributed by atoms with Crippen LogP contribution >= 0.6 is 0 Å². The molecule has 0 aliphatic rings. The normalized spacial score (nSPS) is 11.8. The lowest BCUT2D eigenvalue weighted by Gasteiger charge is -2.12. The fourth-order valence-corrected chi connectivity index (χ4v) is 2.88. The van der Waals surface area contributed by atoms with Crippen LogP contribution in [0, 0.1) is 0 Å². The molecule has 0 fully saturated rings. The Hall–Kier alpha value is -1.07. The smallest absolute Gasteiger partial charge is 0.180 e. The lowest BCUT2D eigenvalue weighted by Crippen LogP contribution is -2.11. The summed E-state index contributed by atoms with van der Waals surface area (Å²) in [4.78, 5) is 0.390. The van der Waals surface area contributed by atoms with E-state index in [1.54, 1.807) is 19.1 Å². The molecule has 0 unspecified atom stereocenters. The Morgan fingerprint density at radius 3 is 2.55 bits per heavy atom. The maximum absolute atomic E-state index is 12.0. The highest BCUT2D eigenvalue weighted by molar-refractivity contribution is 7.91. The van der Waals surface area contributed by atoms with Crippen LogP contribution < -0.4 is 5.32 Å². The van der Waals surface area contributed by atoms with Gasteiger partial charge >= 0.3 is 0 Å². The predicted molar refractivity (Wildman–Crippen MR) is 83.0 cm³/mol. The SMILES string of the molecule is CCS(=O)(=O)c1ccccc1NCCCCOC(C)C. The van der Waals surface area contributed by atoms with Crippen molar-refractivity contribution in [2.24, 2.45) is 0 Å². The minimum absolute atomic E-state index is 0.119. The van der Waals surface area contributed by atoms with Gasteiger partial charge in [-0.1, -0.05) is 19.1 Å². The van der Waals surface area contributed by atoms with Crippen LogP contribution in [0.3, 0.4) is 0 Å². The Bertz CT molecular complexity index is 498. The van der Waals surface area contributed by atoms with Crippen LogP contribution in [0.15, 0.2) is 29.2 Å². The summed E-state index contributed by atoms with van der Waals surface area (Å²) in [5, 5.41) is 3.21. The van der Waals surface area contributed by atoms with Crippen LogP contribution in [-0.4, -0.2) is 33.4 Å². The Morgan fingerprint density at radius 2 is 1.90 bits per heavy atom. The van der Waals surface area contributed by atoms with Crippen molar-refractivity contribution in [2.45, 2.75) is 44.6 Å². The Morgan fingerprint density at radius 1 is 1.20 bits per heavy atom. The zero-order valence-electron chi connectivity index (χ0n) is 12.6. The number of sulfone groups is 1. The average molecular weight is 299 g/mol. The van der Waals surface area contributed by atoms with E-state index < -0.39 is 9.84 Å². The second kappa shape index (κ2) is 8.27. The van der Waals surface area contributed by atoms with Crippen molar-refractivity contribution in [3.05, 3.63) is 24.3 Å². The molecule has 0 bridgehead atoms. The molecular formula is C15H25NO3S. The summed E-state index contributed by atoms with van der Waals surface area (Å²) in [5.41, 5.74) is 0.694. The van der Waals surface area contributed by atoms with E-state index in [2.05, 4.69) is 5.32 Å². The standard InChI is InChI=1S/C15H25NO3S/c1-4-20(17,18)15-10-6-5-9-14(15)16-11-7-8-12-19-13(2)3/h5-6,9-10,13,16H,4,7-8,11-12H2,1-3H3. The van der Waals surface area contributed by atoms with E-state index in [9.17, 15) is 8.42 Å². The molecule has 0 aliphatic carbocycles. The number of benzene rings is 1. The van der Waals surface area contributed by atoms with Crippen LogP contribution in [0.1, 0.15) is 33.6 Å². The number of ether oxygens (including phenoxy) is 1. The summed E-state index contributed by atoms with van der Waals surface area (Å²) < 4.78 is 29.4.